The van der Waals surface area contributed by atoms with E-state index in [-0.39, 0.29) is 0 Å². The normalized spacial score (nSPS) is 26.6. The van der Waals surface area contributed by atoms with Crippen molar-refractivity contribution in [1.82, 2.24) is 0 Å². The maximum atomic E-state index is 12.9. The number of aliphatic carboxylic acids is 1. The molecule has 4 saturated carbocycles. The number of aliphatic hydroxyl groups is 1. The lowest BCUT2D eigenvalue weighted by molar-refractivity contribution is -0.191. The highest BCUT2D eigenvalue weighted by Gasteiger charge is 2.60. The van der Waals surface area contributed by atoms with Crippen LogP contribution < -0.4 is 0 Å². The minimum Gasteiger partial charge on any atom is -0.481 e. The minimum absolute atomic E-state index is 0.470. The molecule has 4 aliphatic carbocycles. The summed E-state index contributed by atoms with van der Waals surface area (Å²) in [5.74, 6) is 0.264. The number of benzene rings is 3. The summed E-state index contributed by atoms with van der Waals surface area (Å²) in [5, 5.41) is 19.5. The first-order valence-corrected chi connectivity index (χ1v) is 15.7. The van der Waals surface area contributed by atoms with Crippen molar-refractivity contribution in [2.24, 2.45) is 17.3 Å². The van der Waals surface area contributed by atoms with Crippen LogP contribution in [0.15, 0.2) is 87.5 Å². The van der Waals surface area contributed by atoms with Crippen LogP contribution in [0.2, 0.25) is 0 Å². The number of carboxylic acid groups (broad SMARTS) is 1. The first-order chi connectivity index (χ1) is 19.6. The van der Waals surface area contributed by atoms with Crippen molar-refractivity contribution in [3.8, 4) is 0 Å². The van der Waals surface area contributed by atoms with Crippen LogP contribution in [0, 0.1) is 20.8 Å². The number of carboxylic acids is 1. The van der Waals surface area contributed by atoms with Crippen molar-refractivity contribution in [2.75, 3.05) is 0 Å². The average Bonchev–Trinajstić information content (AvgIpc) is 2.88. The van der Waals surface area contributed by atoms with Crippen molar-refractivity contribution in [2.45, 2.75) is 71.2 Å². The van der Waals surface area contributed by atoms with Gasteiger partial charge in [-0.15, -0.1) is 0 Å². The van der Waals surface area contributed by atoms with Crippen molar-refractivity contribution in [3.63, 3.8) is 0 Å². The van der Waals surface area contributed by atoms with Gasteiger partial charge in [-0.1, -0.05) is 0 Å². The molecule has 0 saturated heterocycles. The van der Waals surface area contributed by atoms with Gasteiger partial charge in [-0.2, -0.15) is 26.3 Å². The van der Waals surface area contributed by atoms with E-state index in [1.807, 2.05) is 24.3 Å². The smallest absolute Gasteiger partial charge is 0.416 e. The summed E-state index contributed by atoms with van der Waals surface area (Å²) in [7, 11) is -0.831. The second-order valence-corrected chi connectivity index (χ2v) is 14.8. The Morgan fingerprint density at radius 1 is 0.714 bits per heavy atom. The average molecular weight is 722 g/mol. The van der Waals surface area contributed by atoms with Crippen LogP contribution in [0.25, 0.3) is 0 Å². The molecule has 4 aliphatic rings. The zero-order chi connectivity index (χ0) is 30.5. The predicted molar refractivity (Wildman–Crippen MR) is 154 cm³/mol. The van der Waals surface area contributed by atoms with Crippen LogP contribution in [0.3, 0.4) is 0 Å². The van der Waals surface area contributed by atoms with Gasteiger partial charge < -0.3 is 10.2 Å². The molecule has 4 bridgehead atoms. The number of hydrogen-bond acceptors (Lipinski definition) is 2. The first-order valence-electron chi connectivity index (χ1n) is 13.4. The number of alkyl halides is 6. The van der Waals surface area contributed by atoms with Crippen LogP contribution in [-0.4, -0.2) is 21.8 Å². The van der Waals surface area contributed by atoms with Crippen molar-refractivity contribution >= 4 is 39.5 Å². The summed E-state index contributed by atoms with van der Waals surface area (Å²) in [4.78, 5) is 13.3. The second-order valence-electron chi connectivity index (χ2n) is 11.6. The Kier molecular flexibility index (Phi) is 8.43. The second kappa shape index (κ2) is 11.4. The highest BCUT2D eigenvalue weighted by molar-refractivity contribution is 14.1. The molecule has 0 amide bonds. The van der Waals surface area contributed by atoms with Gasteiger partial charge in [-0.3, -0.25) is 4.79 Å². The van der Waals surface area contributed by atoms with Crippen LogP contribution in [0.5, 0.6) is 0 Å². The van der Waals surface area contributed by atoms with E-state index in [1.165, 1.54) is 24.3 Å². The zero-order valence-electron chi connectivity index (χ0n) is 22.2. The maximum absolute atomic E-state index is 12.9. The molecule has 224 valence electrons. The summed E-state index contributed by atoms with van der Waals surface area (Å²) >= 11 is 2.13. The molecule has 7 rings (SSSR count). The first kappa shape index (κ1) is 31.2. The molecule has 0 radical (unpaired) electrons. The summed E-state index contributed by atoms with van der Waals surface area (Å²) < 4.78 is 78.1. The third-order valence-corrected chi connectivity index (χ3v) is 11.3. The van der Waals surface area contributed by atoms with E-state index in [9.17, 15) is 41.4 Å². The Hall–Kier alpha value is -2.25. The molecule has 3 aromatic carbocycles. The Bertz CT molecular complexity index is 1350. The lowest BCUT2D eigenvalue weighted by atomic mass is 9.48. The van der Waals surface area contributed by atoms with Crippen LogP contribution in [-0.2, 0) is 28.0 Å². The predicted octanol–water partition coefficient (Wildman–Crippen LogP) is 8.83. The van der Waals surface area contributed by atoms with Gasteiger partial charge in [0.15, 0.2) is 14.7 Å². The Balaban J connectivity index is 0.000000208. The lowest BCUT2D eigenvalue weighted by Gasteiger charge is -2.58. The van der Waals surface area contributed by atoms with E-state index in [2.05, 4.69) is 22.6 Å². The summed E-state index contributed by atoms with van der Waals surface area (Å²) in [6.07, 6.45) is -3.94. The lowest BCUT2D eigenvalue weighted by Crippen LogP contribution is -2.58. The van der Waals surface area contributed by atoms with E-state index in [0.717, 1.165) is 64.8 Å². The van der Waals surface area contributed by atoms with Gasteiger partial charge in [0.2, 0.25) is 0 Å². The number of carbonyl (C=O) groups is 1. The SMILES string of the molecule is FC(F)(F)c1ccc([S+](c2ccc(I)cc2)c2ccc(C(F)(F)F)cc2)cc1.O=C(O)C12CC3CC(CC(O)(C3)C1)C2. The molecule has 2 atom stereocenters. The molecule has 3 nitrogen and oxygen atoms in total. The Morgan fingerprint density at radius 2 is 1.10 bits per heavy atom. The zero-order valence-corrected chi connectivity index (χ0v) is 25.2. The van der Waals surface area contributed by atoms with E-state index >= 15 is 0 Å². The third kappa shape index (κ3) is 6.62. The highest BCUT2D eigenvalue weighted by Crippen LogP contribution is 2.61. The van der Waals surface area contributed by atoms with Gasteiger partial charge in [0.05, 0.1) is 33.0 Å². The van der Waals surface area contributed by atoms with Gasteiger partial charge in [-0.25, -0.2) is 0 Å². The summed E-state index contributed by atoms with van der Waals surface area (Å²) in [6.45, 7) is 0. The topological polar surface area (TPSA) is 57.5 Å². The molecule has 2 unspecified atom stereocenters. The van der Waals surface area contributed by atoms with Crippen LogP contribution >= 0.6 is 22.6 Å². The molecule has 4 fully saturated rings. The van der Waals surface area contributed by atoms with Gasteiger partial charge in [-0.05, 0) is 146 Å². The monoisotopic (exact) mass is 721 g/mol. The van der Waals surface area contributed by atoms with Crippen molar-refractivity contribution in [3.05, 3.63) is 87.5 Å². The van der Waals surface area contributed by atoms with Crippen LogP contribution in [0.4, 0.5) is 26.3 Å². The van der Waals surface area contributed by atoms with Gasteiger partial charge in [0.25, 0.3) is 0 Å². The molecular formula is C31H28F6IO3S+. The molecule has 0 aromatic heterocycles. The standard InChI is InChI=1S/C20H12F6IS.C11H16O3/c21-19(22,23)13-1-7-16(8-2-13)28(18-11-5-15(27)6-12-18)17-9-3-14(4-10-17)20(24,25)26;12-9(13)10-2-7-1-8(3-10)5-11(14,4-7)6-10/h1-12H;7-8,14H,1-6H2,(H,12,13)/q+1;. The quantitative estimate of drug-likeness (QED) is 0.161. The molecule has 11 heteroatoms. The van der Waals surface area contributed by atoms with Gasteiger partial charge >= 0.3 is 18.3 Å². The fourth-order valence-corrected chi connectivity index (χ4v) is 9.40. The highest BCUT2D eigenvalue weighted by atomic mass is 127. The third-order valence-electron chi connectivity index (χ3n) is 8.37. The molecule has 2 N–H and O–H groups in total. The maximum Gasteiger partial charge on any atom is 0.416 e. The van der Waals surface area contributed by atoms with E-state index in [4.69, 9.17) is 0 Å². The molecule has 42 heavy (non-hydrogen) atoms. The van der Waals surface area contributed by atoms with E-state index < -0.39 is 51.4 Å². The molecule has 0 heterocycles. The summed E-state index contributed by atoms with van der Waals surface area (Å²) in [6, 6.07) is 16.8. The van der Waals surface area contributed by atoms with Crippen LogP contribution in [0.1, 0.15) is 49.7 Å². The van der Waals surface area contributed by atoms with E-state index in [1.54, 1.807) is 0 Å². The molecule has 0 spiro atoms. The summed E-state index contributed by atoms with van der Waals surface area (Å²) in [5.41, 5.74) is -2.74. The van der Waals surface area contributed by atoms with E-state index in [0.29, 0.717) is 28.0 Å². The number of halogens is 7. The Labute approximate surface area is 255 Å². The van der Waals surface area contributed by atoms with Crippen molar-refractivity contribution in [1.29, 1.82) is 0 Å². The minimum atomic E-state index is -4.45. The van der Waals surface area contributed by atoms with Gasteiger partial charge in [0, 0.05) is 3.57 Å². The number of hydrogen-bond donors (Lipinski definition) is 2. The Morgan fingerprint density at radius 3 is 1.43 bits per heavy atom. The molecular weight excluding hydrogens is 693 g/mol. The largest absolute Gasteiger partial charge is 0.481 e. The molecule has 3 aromatic rings. The van der Waals surface area contributed by atoms with Gasteiger partial charge in [0.1, 0.15) is 0 Å². The van der Waals surface area contributed by atoms with Crippen molar-refractivity contribution < 1.29 is 41.4 Å². The molecule has 0 aliphatic heterocycles. The number of rotatable bonds is 4. The fraction of sp³-hybridized carbons (Fsp3) is 0.387. The fourth-order valence-electron chi connectivity index (χ4n) is 7.00.